The van der Waals surface area contributed by atoms with Crippen LogP contribution in [0.3, 0.4) is 0 Å². The van der Waals surface area contributed by atoms with E-state index in [1.54, 1.807) is 18.2 Å². The highest BCUT2D eigenvalue weighted by Gasteiger charge is 2.40. The molecule has 7 heteroatoms. The lowest BCUT2D eigenvalue weighted by Crippen LogP contribution is -2.31. The Morgan fingerprint density at radius 1 is 1.25 bits per heavy atom. The van der Waals surface area contributed by atoms with Crippen molar-refractivity contribution >= 4 is 57.8 Å². The van der Waals surface area contributed by atoms with Gasteiger partial charge in [0.15, 0.2) is 0 Å². The summed E-state index contributed by atoms with van der Waals surface area (Å²) >= 11 is 8.75. The van der Waals surface area contributed by atoms with Gasteiger partial charge in [-0.3, -0.25) is 9.59 Å². The summed E-state index contributed by atoms with van der Waals surface area (Å²) in [5.41, 5.74) is 1.72. The second kappa shape index (κ2) is 7.11. The van der Waals surface area contributed by atoms with Crippen LogP contribution in [0.2, 0.25) is 5.02 Å². The van der Waals surface area contributed by atoms with E-state index in [-0.39, 0.29) is 18.4 Å². The van der Waals surface area contributed by atoms with E-state index in [4.69, 9.17) is 16.7 Å². The molecule has 0 spiro atoms. The Kier molecular flexibility index (Phi) is 5.10. The summed E-state index contributed by atoms with van der Waals surface area (Å²) in [6, 6.07) is 8.77. The van der Waals surface area contributed by atoms with Crippen LogP contribution in [0.5, 0.6) is 0 Å². The molecule has 0 radical (unpaired) electrons. The van der Waals surface area contributed by atoms with Gasteiger partial charge in [-0.05, 0) is 36.1 Å². The normalized spacial score (nSPS) is 14.9. The monoisotopic (exact) mass is 379 g/mol. The van der Waals surface area contributed by atoms with Gasteiger partial charge in [-0.25, -0.2) is 4.90 Å². The van der Waals surface area contributed by atoms with Crippen LogP contribution in [0.1, 0.15) is 10.4 Å². The average Bonchev–Trinajstić information content (AvgIpc) is 3.15. The number of amides is 2. The third-order valence-electron chi connectivity index (χ3n) is 3.56. The van der Waals surface area contributed by atoms with Crippen molar-refractivity contribution in [2.24, 2.45) is 0 Å². The summed E-state index contributed by atoms with van der Waals surface area (Å²) < 4.78 is 0. The van der Waals surface area contributed by atoms with Crippen molar-refractivity contribution in [2.45, 2.75) is 6.92 Å². The number of rotatable bonds is 5. The van der Waals surface area contributed by atoms with Crippen molar-refractivity contribution in [2.75, 3.05) is 17.3 Å². The number of thioether (sulfide) groups is 1. The van der Waals surface area contributed by atoms with Crippen LogP contribution >= 0.6 is 34.7 Å². The highest BCUT2D eigenvalue weighted by molar-refractivity contribution is 8.04. The van der Waals surface area contributed by atoms with Crippen LogP contribution in [-0.4, -0.2) is 29.3 Å². The Hall–Kier alpha value is -1.60. The number of aryl methyl sites for hydroxylation is 1. The molecular formula is C17H14ClNO3S2. The summed E-state index contributed by atoms with van der Waals surface area (Å²) in [4.78, 5) is 28.0. The number of carbonyl (C=O) groups is 2. The molecule has 0 saturated carbocycles. The van der Waals surface area contributed by atoms with Crippen molar-refractivity contribution in [3.8, 4) is 0 Å². The van der Waals surface area contributed by atoms with Gasteiger partial charge in [0.25, 0.3) is 11.8 Å². The van der Waals surface area contributed by atoms with Crippen molar-refractivity contribution in [1.82, 2.24) is 0 Å². The molecule has 4 nitrogen and oxygen atoms in total. The maximum Gasteiger partial charge on any atom is 0.272 e. The number of aliphatic hydroxyl groups excluding tert-OH is 1. The largest absolute Gasteiger partial charge is 0.396 e. The zero-order valence-electron chi connectivity index (χ0n) is 12.8. The number of halogens is 1. The van der Waals surface area contributed by atoms with Gasteiger partial charge in [0.2, 0.25) is 0 Å². The molecule has 2 aromatic rings. The molecule has 124 valence electrons. The number of anilines is 1. The summed E-state index contributed by atoms with van der Waals surface area (Å²) in [5, 5.41) is 11.4. The number of hydrogen-bond donors (Lipinski definition) is 1. The van der Waals surface area contributed by atoms with E-state index >= 15 is 0 Å². The van der Waals surface area contributed by atoms with E-state index in [9.17, 15) is 9.59 Å². The molecule has 1 aliphatic rings. The standard InChI is InChI=1S/C17H14ClNO3S2/c1-10-4-5-11(9-12(10)18)19-16(21)14(13-3-2-7-23-13)15(17(19)22)24-8-6-20/h2-5,7,9,20H,6,8H2,1H3. The fourth-order valence-corrected chi connectivity index (χ4v) is 4.24. The second-order valence-corrected chi connectivity index (χ2v) is 7.59. The summed E-state index contributed by atoms with van der Waals surface area (Å²) in [6.07, 6.45) is 0. The molecule has 0 fully saturated rings. The molecule has 2 amide bonds. The van der Waals surface area contributed by atoms with Crippen LogP contribution in [0.15, 0.2) is 40.6 Å². The minimum atomic E-state index is -0.373. The molecular weight excluding hydrogens is 366 g/mol. The molecule has 0 unspecified atom stereocenters. The third-order valence-corrected chi connectivity index (χ3v) is 5.91. The van der Waals surface area contributed by atoms with Gasteiger partial charge in [0, 0.05) is 15.7 Å². The molecule has 3 rings (SSSR count). The molecule has 24 heavy (non-hydrogen) atoms. The van der Waals surface area contributed by atoms with Crippen molar-refractivity contribution in [1.29, 1.82) is 0 Å². The maximum absolute atomic E-state index is 12.9. The number of nitrogens with zero attached hydrogens (tertiary/aromatic N) is 1. The maximum atomic E-state index is 12.9. The molecule has 1 N–H and O–H groups in total. The van der Waals surface area contributed by atoms with Crippen LogP contribution in [0.4, 0.5) is 5.69 Å². The van der Waals surface area contributed by atoms with Crippen molar-refractivity contribution in [3.63, 3.8) is 0 Å². The first-order chi connectivity index (χ1) is 11.5. The molecule has 1 aromatic carbocycles. The van der Waals surface area contributed by atoms with Crippen LogP contribution in [0, 0.1) is 6.92 Å². The zero-order valence-corrected chi connectivity index (χ0v) is 15.2. The van der Waals surface area contributed by atoms with Crippen LogP contribution < -0.4 is 4.90 Å². The molecule has 0 bridgehead atoms. The first kappa shape index (κ1) is 17.2. The highest BCUT2D eigenvalue weighted by atomic mass is 35.5. The first-order valence-corrected chi connectivity index (χ1v) is 9.45. The van der Waals surface area contributed by atoms with Gasteiger partial charge >= 0.3 is 0 Å². The van der Waals surface area contributed by atoms with Gasteiger partial charge in [0.1, 0.15) is 0 Å². The third kappa shape index (κ3) is 3.02. The van der Waals surface area contributed by atoms with Gasteiger partial charge in [-0.2, -0.15) is 0 Å². The fraction of sp³-hybridized carbons (Fsp3) is 0.176. The van der Waals surface area contributed by atoms with E-state index in [0.717, 1.165) is 15.3 Å². The minimum Gasteiger partial charge on any atom is -0.396 e. The topological polar surface area (TPSA) is 57.6 Å². The molecule has 0 saturated heterocycles. The number of hydrogen-bond acceptors (Lipinski definition) is 5. The number of thiophene rings is 1. The lowest BCUT2D eigenvalue weighted by atomic mass is 10.2. The van der Waals surface area contributed by atoms with Crippen LogP contribution in [-0.2, 0) is 9.59 Å². The van der Waals surface area contributed by atoms with Gasteiger partial charge in [-0.15, -0.1) is 23.1 Å². The first-order valence-electron chi connectivity index (χ1n) is 7.21. The molecule has 1 aromatic heterocycles. The van der Waals surface area contributed by atoms with E-state index in [1.165, 1.54) is 23.1 Å². The summed E-state index contributed by atoms with van der Waals surface area (Å²) in [7, 11) is 0. The van der Waals surface area contributed by atoms with Gasteiger partial charge in [0.05, 0.1) is 22.8 Å². The second-order valence-electron chi connectivity index (χ2n) is 5.13. The van der Waals surface area contributed by atoms with E-state index in [1.807, 2.05) is 24.4 Å². The Bertz CT molecular complexity index is 830. The Morgan fingerprint density at radius 3 is 2.67 bits per heavy atom. The number of carbonyl (C=O) groups excluding carboxylic acids is 2. The SMILES string of the molecule is Cc1ccc(N2C(=O)C(SCCO)=C(c3cccs3)C2=O)cc1Cl. The highest BCUT2D eigenvalue weighted by Crippen LogP contribution is 2.40. The predicted octanol–water partition coefficient (Wildman–Crippen LogP) is 3.72. The van der Waals surface area contributed by atoms with Crippen molar-refractivity contribution < 1.29 is 14.7 Å². The smallest absolute Gasteiger partial charge is 0.272 e. The molecule has 1 aliphatic heterocycles. The summed E-state index contributed by atoms with van der Waals surface area (Å²) in [6.45, 7) is 1.79. The number of imide groups is 1. The number of benzene rings is 1. The molecule has 2 heterocycles. The fourth-order valence-electron chi connectivity index (χ4n) is 2.38. The van der Waals surface area contributed by atoms with Crippen molar-refractivity contribution in [3.05, 3.63) is 56.1 Å². The average molecular weight is 380 g/mol. The molecule has 0 atom stereocenters. The van der Waals surface area contributed by atoms with Gasteiger partial charge in [-0.1, -0.05) is 23.7 Å². The molecule has 0 aliphatic carbocycles. The zero-order chi connectivity index (χ0) is 17.3. The number of aliphatic hydroxyl groups is 1. The van der Waals surface area contributed by atoms with Gasteiger partial charge < -0.3 is 5.11 Å². The Morgan fingerprint density at radius 2 is 2.04 bits per heavy atom. The predicted molar refractivity (Wildman–Crippen MR) is 99.5 cm³/mol. The van der Waals surface area contributed by atoms with E-state index in [0.29, 0.717) is 26.9 Å². The van der Waals surface area contributed by atoms with Crippen LogP contribution in [0.25, 0.3) is 5.57 Å². The quantitative estimate of drug-likeness (QED) is 0.804. The Labute approximate surface area is 152 Å². The lowest BCUT2D eigenvalue weighted by Gasteiger charge is -2.16. The lowest BCUT2D eigenvalue weighted by molar-refractivity contribution is -0.119. The summed E-state index contributed by atoms with van der Waals surface area (Å²) in [5.74, 6) is -0.379. The van der Waals surface area contributed by atoms with E-state index in [2.05, 4.69) is 0 Å². The minimum absolute atomic E-state index is 0.0658. The van der Waals surface area contributed by atoms with E-state index < -0.39 is 0 Å². The Balaban J connectivity index is 2.05.